The molecule has 1 fully saturated rings. The number of rotatable bonds is 3. The maximum absolute atomic E-state index is 13.9. The van der Waals surface area contributed by atoms with Gasteiger partial charge in [0.05, 0.1) is 11.6 Å². The number of carbonyl (C=O) groups excluding carboxylic acids is 1. The lowest BCUT2D eigenvalue weighted by molar-refractivity contribution is -0.122. The van der Waals surface area contributed by atoms with Gasteiger partial charge in [0.1, 0.15) is 5.82 Å². The zero-order chi connectivity index (χ0) is 13.1. The molecule has 0 bridgehead atoms. The average Bonchev–Trinajstić information content (AvgIpc) is 2.38. The maximum Gasteiger partial charge on any atom is 0.222 e. The van der Waals surface area contributed by atoms with E-state index in [0.29, 0.717) is 18.8 Å². The summed E-state index contributed by atoms with van der Waals surface area (Å²) < 4.78 is 13.9. The van der Waals surface area contributed by atoms with Crippen LogP contribution in [0.3, 0.4) is 0 Å². The molecule has 1 heterocycles. The molecular weight excluding hydrogens is 233 g/mol. The summed E-state index contributed by atoms with van der Waals surface area (Å²) in [5, 5.41) is 0. The summed E-state index contributed by atoms with van der Waals surface area (Å²) in [5.74, 6) is -0.783. The summed E-state index contributed by atoms with van der Waals surface area (Å²) in [7, 11) is 0. The third-order valence-corrected chi connectivity index (χ3v) is 3.41. The Bertz CT molecular complexity index is 450. The predicted molar refractivity (Wildman–Crippen MR) is 68.4 cm³/mol. The van der Waals surface area contributed by atoms with Crippen LogP contribution in [0.2, 0.25) is 0 Å². The Morgan fingerprint density at radius 3 is 2.89 bits per heavy atom. The molecule has 18 heavy (non-hydrogen) atoms. The molecule has 4 nitrogen and oxygen atoms in total. The molecule has 1 unspecified atom stereocenters. The van der Waals surface area contributed by atoms with E-state index in [1.165, 1.54) is 6.07 Å². The number of hydrogen-bond acceptors (Lipinski definition) is 3. The third kappa shape index (κ3) is 2.61. The van der Waals surface area contributed by atoms with Gasteiger partial charge in [-0.05, 0) is 30.5 Å². The van der Waals surface area contributed by atoms with Crippen molar-refractivity contribution in [1.82, 2.24) is 0 Å². The first-order chi connectivity index (χ1) is 8.61. The van der Waals surface area contributed by atoms with Gasteiger partial charge in [-0.25, -0.2) is 4.39 Å². The van der Waals surface area contributed by atoms with Crippen molar-refractivity contribution in [2.75, 3.05) is 18.0 Å². The molecule has 2 rings (SSSR count). The lowest BCUT2D eigenvalue weighted by atomic mass is 9.97. The van der Waals surface area contributed by atoms with Crippen LogP contribution in [0.5, 0.6) is 0 Å². The van der Waals surface area contributed by atoms with E-state index in [-0.39, 0.29) is 17.6 Å². The van der Waals surface area contributed by atoms with Gasteiger partial charge in [0, 0.05) is 19.6 Å². The Morgan fingerprint density at radius 1 is 1.50 bits per heavy atom. The fourth-order valence-electron chi connectivity index (χ4n) is 2.36. The highest BCUT2D eigenvalue weighted by Gasteiger charge is 2.25. The third-order valence-electron chi connectivity index (χ3n) is 3.41. The first-order valence-corrected chi connectivity index (χ1v) is 6.14. The Hall–Kier alpha value is -1.62. The first kappa shape index (κ1) is 12.8. The molecule has 0 spiro atoms. The molecule has 1 aromatic rings. The van der Waals surface area contributed by atoms with Crippen molar-refractivity contribution in [2.45, 2.75) is 19.4 Å². The molecule has 1 aromatic carbocycles. The van der Waals surface area contributed by atoms with E-state index >= 15 is 0 Å². The second kappa shape index (κ2) is 5.35. The Kier molecular flexibility index (Phi) is 3.81. The van der Waals surface area contributed by atoms with Crippen LogP contribution >= 0.6 is 0 Å². The number of anilines is 1. The van der Waals surface area contributed by atoms with Gasteiger partial charge in [-0.15, -0.1) is 0 Å². The Labute approximate surface area is 106 Å². The molecule has 1 amide bonds. The molecule has 1 aliphatic heterocycles. The van der Waals surface area contributed by atoms with Crippen LogP contribution in [-0.2, 0) is 11.3 Å². The molecule has 1 saturated heterocycles. The van der Waals surface area contributed by atoms with Crippen molar-refractivity contribution in [3.63, 3.8) is 0 Å². The number of piperidine rings is 1. The van der Waals surface area contributed by atoms with E-state index in [1.54, 1.807) is 6.07 Å². The lowest BCUT2D eigenvalue weighted by Crippen LogP contribution is -2.41. The molecule has 0 saturated carbocycles. The number of primary amides is 1. The van der Waals surface area contributed by atoms with Crippen LogP contribution in [0.25, 0.3) is 0 Å². The topological polar surface area (TPSA) is 72.3 Å². The molecule has 1 aliphatic rings. The van der Waals surface area contributed by atoms with Crippen LogP contribution in [0.1, 0.15) is 18.4 Å². The number of nitrogens with zero attached hydrogens (tertiary/aromatic N) is 1. The van der Waals surface area contributed by atoms with Crippen molar-refractivity contribution in [1.29, 1.82) is 0 Å². The Morgan fingerprint density at radius 2 is 2.28 bits per heavy atom. The summed E-state index contributed by atoms with van der Waals surface area (Å²) >= 11 is 0. The molecular formula is C13H18FN3O. The number of benzene rings is 1. The largest absolute Gasteiger partial charge is 0.369 e. The second-order valence-electron chi connectivity index (χ2n) is 4.68. The summed E-state index contributed by atoms with van der Waals surface area (Å²) in [5.41, 5.74) is 12.1. The van der Waals surface area contributed by atoms with Crippen molar-refractivity contribution in [3.8, 4) is 0 Å². The number of carbonyl (C=O) groups is 1. The quantitative estimate of drug-likeness (QED) is 0.841. The molecule has 0 aliphatic carbocycles. The van der Waals surface area contributed by atoms with Gasteiger partial charge in [-0.3, -0.25) is 4.79 Å². The van der Waals surface area contributed by atoms with E-state index in [2.05, 4.69) is 0 Å². The predicted octanol–water partition coefficient (Wildman–Crippen LogP) is 0.986. The Balaban J connectivity index is 2.18. The zero-order valence-corrected chi connectivity index (χ0v) is 10.2. The summed E-state index contributed by atoms with van der Waals surface area (Å²) in [6.07, 6.45) is 1.64. The summed E-state index contributed by atoms with van der Waals surface area (Å²) in [6, 6.07) is 4.98. The van der Waals surface area contributed by atoms with Crippen LogP contribution in [0.4, 0.5) is 10.1 Å². The molecule has 0 aromatic heterocycles. The van der Waals surface area contributed by atoms with Crippen LogP contribution in [0.15, 0.2) is 18.2 Å². The molecule has 5 heteroatoms. The van der Waals surface area contributed by atoms with Gasteiger partial charge in [-0.2, -0.15) is 0 Å². The second-order valence-corrected chi connectivity index (χ2v) is 4.68. The van der Waals surface area contributed by atoms with Gasteiger partial charge >= 0.3 is 0 Å². The van der Waals surface area contributed by atoms with Crippen molar-refractivity contribution < 1.29 is 9.18 Å². The summed E-state index contributed by atoms with van der Waals surface area (Å²) in [6.45, 7) is 1.57. The summed E-state index contributed by atoms with van der Waals surface area (Å²) in [4.78, 5) is 13.1. The van der Waals surface area contributed by atoms with E-state index in [1.807, 2.05) is 11.0 Å². The van der Waals surface area contributed by atoms with Gasteiger partial charge in [-0.1, -0.05) is 6.07 Å². The van der Waals surface area contributed by atoms with Gasteiger partial charge in [0.25, 0.3) is 0 Å². The molecule has 1 atom stereocenters. The normalized spacial score (nSPS) is 19.9. The standard InChI is InChI=1S/C13H18FN3O/c14-11-6-9(7-15)3-4-12(11)17-5-1-2-10(8-17)13(16)18/h3-4,6,10H,1-2,5,7-8,15H2,(H2,16,18). The lowest BCUT2D eigenvalue weighted by Gasteiger charge is -2.33. The van der Waals surface area contributed by atoms with Gasteiger partial charge < -0.3 is 16.4 Å². The van der Waals surface area contributed by atoms with Crippen molar-refractivity contribution in [3.05, 3.63) is 29.6 Å². The van der Waals surface area contributed by atoms with Gasteiger partial charge in [0.2, 0.25) is 5.91 Å². The fraction of sp³-hybridized carbons (Fsp3) is 0.462. The molecule has 0 radical (unpaired) electrons. The minimum Gasteiger partial charge on any atom is -0.369 e. The number of halogens is 1. The van der Waals surface area contributed by atoms with E-state index in [0.717, 1.165) is 24.9 Å². The van der Waals surface area contributed by atoms with Crippen molar-refractivity contribution >= 4 is 11.6 Å². The SMILES string of the molecule is NCc1ccc(N2CCCC(C(N)=O)C2)c(F)c1. The highest BCUT2D eigenvalue weighted by atomic mass is 19.1. The van der Waals surface area contributed by atoms with Crippen LogP contribution in [0, 0.1) is 11.7 Å². The monoisotopic (exact) mass is 251 g/mol. The zero-order valence-electron chi connectivity index (χ0n) is 10.2. The van der Waals surface area contributed by atoms with Gasteiger partial charge in [0.15, 0.2) is 0 Å². The maximum atomic E-state index is 13.9. The van der Waals surface area contributed by atoms with E-state index in [9.17, 15) is 9.18 Å². The van der Waals surface area contributed by atoms with Crippen LogP contribution < -0.4 is 16.4 Å². The molecule has 4 N–H and O–H groups in total. The number of nitrogens with two attached hydrogens (primary N) is 2. The fourth-order valence-corrected chi connectivity index (χ4v) is 2.36. The highest BCUT2D eigenvalue weighted by Crippen LogP contribution is 2.26. The number of hydrogen-bond donors (Lipinski definition) is 2. The number of amides is 1. The highest BCUT2D eigenvalue weighted by molar-refractivity contribution is 5.77. The average molecular weight is 251 g/mol. The van der Waals surface area contributed by atoms with Crippen molar-refractivity contribution in [2.24, 2.45) is 17.4 Å². The minimum absolute atomic E-state index is 0.188. The minimum atomic E-state index is -0.307. The molecule has 98 valence electrons. The first-order valence-electron chi connectivity index (χ1n) is 6.14. The van der Waals surface area contributed by atoms with E-state index < -0.39 is 0 Å². The van der Waals surface area contributed by atoms with E-state index in [4.69, 9.17) is 11.5 Å². The smallest absolute Gasteiger partial charge is 0.222 e. The van der Waals surface area contributed by atoms with Crippen LogP contribution in [-0.4, -0.2) is 19.0 Å².